The maximum Gasteiger partial charge on any atom is 0.343 e. The summed E-state index contributed by atoms with van der Waals surface area (Å²) in [6.07, 6.45) is 6.04. The van der Waals surface area contributed by atoms with Crippen molar-refractivity contribution in [2.45, 2.75) is 58.3 Å². The summed E-state index contributed by atoms with van der Waals surface area (Å²) in [6, 6.07) is 13.8. The molecule has 190 valence electrons. The summed E-state index contributed by atoms with van der Waals surface area (Å²) >= 11 is 0. The van der Waals surface area contributed by atoms with E-state index in [-0.39, 0.29) is 17.2 Å². The molecule has 1 fully saturated rings. The third-order valence-corrected chi connectivity index (χ3v) is 6.95. The van der Waals surface area contributed by atoms with Gasteiger partial charge >= 0.3 is 5.97 Å². The van der Waals surface area contributed by atoms with E-state index in [1.807, 2.05) is 0 Å². The number of halogens is 3. The monoisotopic (exact) mass is 496 g/mol. The molecule has 3 nitrogen and oxygen atoms in total. The summed E-state index contributed by atoms with van der Waals surface area (Å²) in [6.45, 7) is 4.30. The number of carbonyl (C=O) groups excluding carboxylic acids is 1. The molecular weight excluding hydrogens is 465 g/mol. The van der Waals surface area contributed by atoms with E-state index in [0.29, 0.717) is 29.2 Å². The third kappa shape index (κ3) is 5.75. The minimum atomic E-state index is -1.14. The Kier molecular flexibility index (Phi) is 8.34. The van der Waals surface area contributed by atoms with E-state index in [2.05, 4.69) is 6.92 Å². The van der Waals surface area contributed by atoms with Crippen molar-refractivity contribution >= 4 is 5.97 Å². The lowest BCUT2D eigenvalue weighted by atomic mass is 9.77. The zero-order valence-electron chi connectivity index (χ0n) is 20.7. The predicted molar refractivity (Wildman–Crippen MR) is 134 cm³/mol. The first kappa shape index (κ1) is 25.8. The van der Waals surface area contributed by atoms with Crippen LogP contribution in [0.25, 0.3) is 11.1 Å². The molecule has 0 N–H and O–H groups in total. The summed E-state index contributed by atoms with van der Waals surface area (Å²) in [5, 5.41) is 0. The summed E-state index contributed by atoms with van der Waals surface area (Å²) in [7, 11) is 0. The van der Waals surface area contributed by atoms with Crippen molar-refractivity contribution in [3.8, 4) is 22.6 Å². The van der Waals surface area contributed by atoms with Crippen molar-refractivity contribution in [3.05, 3.63) is 83.2 Å². The van der Waals surface area contributed by atoms with Gasteiger partial charge in [0.2, 0.25) is 5.82 Å². The van der Waals surface area contributed by atoms with Crippen LogP contribution in [0.1, 0.15) is 74.2 Å². The molecule has 36 heavy (non-hydrogen) atoms. The highest BCUT2D eigenvalue weighted by atomic mass is 19.2. The van der Waals surface area contributed by atoms with Crippen LogP contribution in [-0.2, 0) is 0 Å². The zero-order chi connectivity index (χ0) is 25.7. The molecule has 0 radical (unpaired) electrons. The van der Waals surface area contributed by atoms with E-state index in [9.17, 15) is 18.0 Å². The summed E-state index contributed by atoms with van der Waals surface area (Å²) < 4.78 is 54.3. The summed E-state index contributed by atoms with van der Waals surface area (Å²) in [5.41, 5.74) is 1.82. The molecule has 1 saturated carbocycles. The van der Waals surface area contributed by atoms with E-state index < -0.39 is 29.2 Å². The van der Waals surface area contributed by atoms with Crippen molar-refractivity contribution in [2.75, 3.05) is 6.61 Å². The minimum absolute atomic E-state index is 0.0164. The van der Waals surface area contributed by atoms with E-state index in [1.165, 1.54) is 36.8 Å². The van der Waals surface area contributed by atoms with Gasteiger partial charge < -0.3 is 9.47 Å². The van der Waals surface area contributed by atoms with Crippen molar-refractivity contribution in [3.63, 3.8) is 0 Å². The van der Waals surface area contributed by atoms with Gasteiger partial charge in [-0.3, -0.25) is 0 Å². The van der Waals surface area contributed by atoms with Gasteiger partial charge in [-0.25, -0.2) is 13.6 Å². The fourth-order valence-corrected chi connectivity index (χ4v) is 5.02. The van der Waals surface area contributed by atoms with Crippen molar-refractivity contribution in [1.29, 1.82) is 0 Å². The van der Waals surface area contributed by atoms with Crippen LogP contribution < -0.4 is 9.47 Å². The molecule has 3 aromatic rings. The van der Waals surface area contributed by atoms with Gasteiger partial charge in [-0.2, -0.15) is 4.39 Å². The molecule has 0 spiro atoms. The Morgan fingerprint density at radius 2 is 1.50 bits per heavy atom. The third-order valence-electron chi connectivity index (χ3n) is 6.95. The number of benzene rings is 3. The smallest absolute Gasteiger partial charge is 0.343 e. The molecular formula is C30H31F3O3. The predicted octanol–water partition coefficient (Wildman–Crippen LogP) is 8.46. The lowest BCUT2D eigenvalue weighted by Gasteiger charge is -2.29. The Morgan fingerprint density at radius 3 is 2.14 bits per heavy atom. The maximum atomic E-state index is 14.9. The fraction of sp³-hybridized carbons (Fsp3) is 0.367. The molecule has 6 heteroatoms. The average Bonchev–Trinajstić information content (AvgIpc) is 2.89. The van der Waals surface area contributed by atoms with E-state index in [4.69, 9.17) is 9.47 Å². The first-order chi connectivity index (χ1) is 17.4. The Balaban J connectivity index is 1.43. The van der Waals surface area contributed by atoms with E-state index in [0.717, 1.165) is 32.1 Å². The lowest BCUT2D eigenvalue weighted by Crippen LogP contribution is -2.15. The van der Waals surface area contributed by atoms with Crippen LogP contribution >= 0.6 is 0 Å². The highest BCUT2D eigenvalue weighted by Crippen LogP contribution is 2.40. The van der Waals surface area contributed by atoms with Crippen LogP contribution in [-0.4, -0.2) is 12.6 Å². The Hall–Kier alpha value is -3.28. The van der Waals surface area contributed by atoms with Gasteiger partial charge in [-0.05, 0) is 91.5 Å². The normalized spacial score (nSPS) is 17.6. The molecule has 3 aromatic carbocycles. The molecule has 0 aromatic heterocycles. The SMILES string of the molecule is CCCC1CCC(c2ccc(OC(=O)c3ccc(-c4ccc(OCC)c(F)c4)cc3)c(F)c2F)CC1. The number of hydrogen-bond donors (Lipinski definition) is 0. The quantitative estimate of drug-likeness (QED) is 0.232. The number of rotatable bonds is 8. The van der Waals surface area contributed by atoms with Gasteiger partial charge in [0.15, 0.2) is 23.1 Å². The Labute approximate surface area is 210 Å². The molecule has 4 rings (SSSR count). The number of carbonyl (C=O) groups is 1. The molecule has 1 aliphatic rings. The van der Waals surface area contributed by atoms with Crippen LogP contribution in [0.4, 0.5) is 13.2 Å². The Morgan fingerprint density at radius 1 is 0.833 bits per heavy atom. The number of hydrogen-bond acceptors (Lipinski definition) is 3. The van der Waals surface area contributed by atoms with Gasteiger partial charge in [-0.15, -0.1) is 0 Å². The molecule has 0 aliphatic heterocycles. The maximum absolute atomic E-state index is 14.9. The number of ether oxygens (including phenoxy) is 2. The van der Waals surface area contributed by atoms with Gasteiger partial charge in [0.05, 0.1) is 12.2 Å². The highest BCUT2D eigenvalue weighted by molar-refractivity contribution is 5.91. The lowest BCUT2D eigenvalue weighted by molar-refractivity contribution is 0.0726. The second-order valence-electron chi connectivity index (χ2n) is 9.33. The minimum Gasteiger partial charge on any atom is -0.491 e. The first-order valence-corrected chi connectivity index (χ1v) is 12.6. The van der Waals surface area contributed by atoms with Crippen molar-refractivity contribution in [2.24, 2.45) is 5.92 Å². The highest BCUT2D eigenvalue weighted by Gasteiger charge is 2.27. The summed E-state index contributed by atoms with van der Waals surface area (Å²) in [5.74, 6) is -2.97. The summed E-state index contributed by atoms with van der Waals surface area (Å²) in [4.78, 5) is 12.6. The molecule has 0 heterocycles. The molecule has 0 saturated heterocycles. The molecule has 0 atom stereocenters. The van der Waals surface area contributed by atoms with Gasteiger partial charge in [0, 0.05) is 0 Å². The number of esters is 1. The molecule has 0 amide bonds. The molecule has 1 aliphatic carbocycles. The first-order valence-electron chi connectivity index (χ1n) is 12.6. The topological polar surface area (TPSA) is 35.5 Å². The standard InChI is InChI=1S/C30H31F3O3/c1-3-5-19-6-8-21(9-7-19)24-15-17-27(29(33)28(24)32)36-30(34)22-12-10-20(11-13-22)23-14-16-26(35-4-2)25(31)18-23/h10-19,21H,3-9H2,1-2H3. The van der Waals surface area contributed by atoms with E-state index in [1.54, 1.807) is 31.2 Å². The fourth-order valence-electron chi connectivity index (χ4n) is 5.02. The van der Waals surface area contributed by atoms with Gasteiger partial charge in [0.25, 0.3) is 0 Å². The van der Waals surface area contributed by atoms with Crippen LogP contribution in [0, 0.1) is 23.4 Å². The second-order valence-corrected chi connectivity index (χ2v) is 9.33. The molecule has 0 bridgehead atoms. The van der Waals surface area contributed by atoms with Crippen molar-refractivity contribution in [1.82, 2.24) is 0 Å². The van der Waals surface area contributed by atoms with Crippen LogP contribution in [0.15, 0.2) is 54.6 Å². The zero-order valence-corrected chi connectivity index (χ0v) is 20.7. The van der Waals surface area contributed by atoms with Crippen LogP contribution in [0.2, 0.25) is 0 Å². The molecule has 0 unspecified atom stereocenters. The van der Waals surface area contributed by atoms with Crippen LogP contribution in [0.3, 0.4) is 0 Å². The Bertz CT molecular complexity index is 1200. The largest absolute Gasteiger partial charge is 0.491 e. The van der Waals surface area contributed by atoms with Gasteiger partial charge in [0.1, 0.15) is 0 Å². The van der Waals surface area contributed by atoms with Crippen LogP contribution in [0.5, 0.6) is 11.5 Å². The van der Waals surface area contributed by atoms with E-state index >= 15 is 0 Å². The van der Waals surface area contributed by atoms with Crippen molar-refractivity contribution < 1.29 is 27.4 Å². The average molecular weight is 497 g/mol. The van der Waals surface area contributed by atoms with Gasteiger partial charge in [-0.1, -0.05) is 44.0 Å². The second kappa shape index (κ2) is 11.6.